The molecule has 0 aliphatic heterocycles. The van der Waals surface area contributed by atoms with Crippen LogP contribution in [-0.4, -0.2) is 46.0 Å². The number of hydrogen-bond donors (Lipinski definition) is 3. The molecule has 3 N–H and O–H groups in total. The van der Waals surface area contributed by atoms with Crippen molar-refractivity contribution in [1.82, 2.24) is 26.0 Å². The summed E-state index contributed by atoms with van der Waals surface area (Å²) < 4.78 is 0. The number of carbonyl (C=O) groups excluding carboxylic acids is 3. The number of nitrogens with zero attached hydrogens (tertiary/aromatic N) is 3. The van der Waals surface area contributed by atoms with Gasteiger partial charge in [0.05, 0.1) is 12.2 Å². The number of aromatic nitrogens is 2. The van der Waals surface area contributed by atoms with E-state index in [1.54, 1.807) is 24.3 Å². The minimum atomic E-state index is -0.858. The minimum Gasteiger partial charge on any atom is -0.346 e. The topological polar surface area (TPSA) is 125 Å². The number of hydrogen-bond acceptors (Lipinski definition) is 6. The molecule has 0 aliphatic rings. The summed E-state index contributed by atoms with van der Waals surface area (Å²) in [4.78, 5) is 46.2. The van der Waals surface area contributed by atoms with E-state index in [9.17, 15) is 14.4 Å². The van der Waals surface area contributed by atoms with E-state index in [-0.39, 0.29) is 29.8 Å². The molecule has 2 aromatic carbocycles. The monoisotopic (exact) mass is 486 g/mol. The summed E-state index contributed by atoms with van der Waals surface area (Å²) in [5.74, 6) is -0.973. The smallest absolute Gasteiger partial charge is 0.272 e. The van der Waals surface area contributed by atoms with Gasteiger partial charge in [0.2, 0.25) is 5.91 Å². The maximum atomic E-state index is 13.3. The summed E-state index contributed by atoms with van der Waals surface area (Å²) in [6.45, 7) is 4.04. The van der Waals surface area contributed by atoms with E-state index < -0.39 is 18.0 Å². The van der Waals surface area contributed by atoms with Crippen LogP contribution in [0, 0.1) is 5.92 Å². The molecular formula is C27H30N6O3. The summed E-state index contributed by atoms with van der Waals surface area (Å²) in [6, 6.07) is 16.8. The van der Waals surface area contributed by atoms with Crippen LogP contribution in [0.1, 0.15) is 46.7 Å². The Hall–Kier alpha value is -4.40. The van der Waals surface area contributed by atoms with E-state index >= 15 is 0 Å². The zero-order valence-electron chi connectivity index (χ0n) is 20.3. The average molecular weight is 487 g/mol. The molecule has 1 aromatic heterocycles. The number of hydrazone groups is 1. The normalized spacial score (nSPS) is 12.6. The van der Waals surface area contributed by atoms with Gasteiger partial charge in [-0.1, -0.05) is 62.4 Å². The second-order valence-corrected chi connectivity index (χ2v) is 8.64. The molecule has 0 fully saturated rings. The van der Waals surface area contributed by atoms with Crippen LogP contribution in [0.2, 0.25) is 0 Å². The van der Waals surface area contributed by atoms with Crippen molar-refractivity contribution in [1.29, 1.82) is 0 Å². The van der Waals surface area contributed by atoms with Gasteiger partial charge in [-0.2, -0.15) is 5.10 Å². The lowest BCUT2D eigenvalue weighted by Crippen LogP contribution is -2.51. The zero-order valence-corrected chi connectivity index (χ0v) is 20.3. The SMILES string of the molecule is CC(C)C[C@@H](/C=N/NC(=O)c1ccccc1)NC(=O)[C@H](Cc1ccccc1)NC(=O)c1cnccn1. The van der Waals surface area contributed by atoms with Gasteiger partial charge >= 0.3 is 0 Å². The Kier molecular flexibility index (Phi) is 9.81. The van der Waals surface area contributed by atoms with Crippen LogP contribution in [0.4, 0.5) is 0 Å². The van der Waals surface area contributed by atoms with Crippen LogP contribution in [0.15, 0.2) is 84.4 Å². The van der Waals surface area contributed by atoms with Gasteiger partial charge in [0.1, 0.15) is 11.7 Å². The minimum absolute atomic E-state index is 0.118. The lowest BCUT2D eigenvalue weighted by atomic mass is 10.0. The van der Waals surface area contributed by atoms with Crippen molar-refractivity contribution in [3.63, 3.8) is 0 Å². The Bertz CT molecular complexity index is 1150. The van der Waals surface area contributed by atoms with Crippen LogP contribution in [0.5, 0.6) is 0 Å². The van der Waals surface area contributed by atoms with Gasteiger partial charge in [-0.3, -0.25) is 19.4 Å². The molecule has 0 radical (unpaired) electrons. The first-order valence-corrected chi connectivity index (χ1v) is 11.7. The zero-order chi connectivity index (χ0) is 25.8. The Labute approximate surface area is 210 Å². The fourth-order valence-corrected chi connectivity index (χ4v) is 3.50. The van der Waals surface area contributed by atoms with Crippen molar-refractivity contribution in [2.24, 2.45) is 11.0 Å². The standard InChI is InChI=1S/C27H30N6O3/c1-19(2)15-22(17-30-33-25(34)21-11-7-4-8-12-21)31-26(35)23(16-20-9-5-3-6-10-20)32-27(36)24-18-28-13-14-29-24/h3-14,17-19,22-23H,15-16H2,1-2H3,(H,31,35)(H,32,36)(H,33,34)/b30-17+/t22-,23-/m0/s1. The van der Waals surface area contributed by atoms with Crippen LogP contribution >= 0.6 is 0 Å². The molecule has 2 atom stereocenters. The number of rotatable bonds is 11. The molecule has 0 saturated heterocycles. The third-order valence-electron chi connectivity index (χ3n) is 5.21. The van der Waals surface area contributed by atoms with Crippen LogP contribution in [0.3, 0.4) is 0 Å². The van der Waals surface area contributed by atoms with Crippen LogP contribution in [-0.2, 0) is 11.2 Å². The van der Waals surface area contributed by atoms with E-state index in [1.807, 2.05) is 50.2 Å². The highest BCUT2D eigenvalue weighted by molar-refractivity contribution is 5.97. The number of amides is 3. The van der Waals surface area contributed by atoms with E-state index in [2.05, 4.69) is 31.1 Å². The van der Waals surface area contributed by atoms with Crippen molar-refractivity contribution < 1.29 is 14.4 Å². The summed E-state index contributed by atoms with van der Waals surface area (Å²) in [6.07, 6.45) is 6.61. The van der Waals surface area contributed by atoms with Gasteiger partial charge in [0.15, 0.2) is 0 Å². The maximum absolute atomic E-state index is 13.3. The van der Waals surface area contributed by atoms with Gasteiger partial charge in [-0.15, -0.1) is 0 Å². The average Bonchev–Trinajstić information content (AvgIpc) is 2.89. The molecule has 0 unspecified atom stereocenters. The first-order valence-electron chi connectivity index (χ1n) is 11.7. The molecule has 3 aromatic rings. The first kappa shape index (κ1) is 26.2. The highest BCUT2D eigenvalue weighted by Crippen LogP contribution is 2.08. The van der Waals surface area contributed by atoms with E-state index in [1.165, 1.54) is 24.8 Å². The molecule has 0 spiro atoms. The third kappa shape index (κ3) is 8.43. The van der Waals surface area contributed by atoms with E-state index in [0.29, 0.717) is 12.0 Å². The number of nitrogens with one attached hydrogen (secondary N) is 3. The summed E-state index contributed by atoms with van der Waals surface area (Å²) in [5.41, 5.74) is 3.98. The van der Waals surface area contributed by atoms with Crippen molar-refractivity contribution in [3.8, 4) is 0 Å². The quantitative estimate of drug-likeness (QED) is 0.284. The number of benzene rings is 2. The van der Waals surface area contributed by atoms with Gasteiger partial charge in [0.25, 0.3) is 11.8 Å². The second-order valence-electron chi connectivity index (χ2n) is 8.64. The third-order valence-corrected chi connectivity index (χ3v) is 5.21. The van der Waals surface area contributed by atoms with Crippen LogP contribution < -0.4 is 16.1 Å². The lowest BCUT2D eigenvalue weighted by molar-refractivity contribution is -0.123. The summed E-state index contributed by atoms with van der Waals surface area (Å²) in [5, 5.41) is 9.78. The Morgan fingerprint density at radius 2 is 1.61 bits per heavy atom. The molecule has 9 heteroatoms. The number of carbonyl (C=O) groups is 3. The molecule has 0 saturated carbocycles. The molecule has 3 rings (SSSR count). The largest absolute Gasteiger partial charge is 0.346 e. The van der Waals surface area contributed by atoms with Crippen molar-refractivity contribution in [2.45, 2.75) is 38.8 Å². The fraction of sp³-hybridized carbons (Fsp3) is 0.259. The van der Waals surface area contributed by atoms with E-state index in [0.717, 1.165) is 5.56 Å². The molecule has 0 aliphatic carbocycles. The molecule has 3 amide bonds. The predicted octanol–water partition coefficient (Wildman–Crippen LogP) is 2.76. The molecular weight excluding hydrogens is 456 g/mol. The molecule has 0 bridgehead atoms. The molecule has 186 valence electrons. The Balaban J connectivity index is 1.71. The fourth-order valence-electron chi connectivity index (χ4n) is 3.50. The summed E-state index contributed by atoms with van der Waals surface area (Å²) in [7, 11) is 0. The van der Waals surface area contributed by atoms with E-state index in [4.69, 9.17) is 0 Å². The van der Waals surface area contributed by atoms with Crippen molar-refractivity contribution >= 4 is 23.9 Å². The lowest BCUT2D eigenvalue weighted by Gasteiger charge is -2.22. The van der Waals surface area contributed by atoms with Gasteiger partial charge in [0, 0.05) is 30.6 Å². The summed E-state index contributed by atoms with van der Waals surface area (Å²) >= 11 is 0. The first-order chi connectivity index (χ1) is 17.4. The Morgan fingerprint density at radius 3 is 2.25 bits per heavy atom. The molecule has 9 nitrogen and oxygen atoms in total. The van der Waals surface area contributed by atoms with Gasteiger partial charge < -0.3 is 10.6 Å². The second kappa shape index (κ2) is 13.5. The van der Waals surface area contributed by atoms with Crippen molar-refractivity contribution in [3.05, 3.63) is 96.1 Å². The van der Waals surface area contributed by atoms with Gasteiger partial charge in [-0.25, -0.2) is 10.4 Å². The van der Waals surface area contributed by atoms with Crippen molar-refractivity contribution in [2.75, 3.05) is 0 Å². The predicted molar refractivity (Wildman–Crippen MR) is 137 cm³/mol. The van der Waals surface area contributed by atoms with Crippen LogP contribution in [0.25, 0.3) is 0 Å². The maximum Gasteiger partial charge on any atom is 0.272 e. The highest BCUT2D eigenvalue weighted by atomic mass is 16.2. The van der Waals surface area contributed by atoms with Gasteiger partial charge in [-0.05, 0) is 30.0 Å². The molecule has 36 heavy (non-hydrogen) atoms. The Morgan fingerprint density at radius 1 is 0.917 bits per heavy atom. The highest BCUT2D eigenvalue weighted by Gasteiger charge is 2.25. The molecule has 1 heterocycles.